The smallest absolute Gasteiger partial charge is 0.338 e. The van der Waals surface area contributed by atoms with Gasteiger partial charge in [0.15, 0.2) is 12.4 Å². The standard InChI is InChI=1S/C19H26O3/c1-13(2)16-10-9-14(3)11-17(16)18(20)12-22-19(21)15-7-5-4-6-8-15/h4-8,13-14,16-17H,9-12H2,1-3H3/t14-,16+,17-/m1/s1. The minimum atomic E-state index is -0.418. The number of carbonyl (C=O) groups excluding carboxylic acids is 2. The number of ketones is 1. The molecule has 1 aliphatic rings. The highest BCUT2D eigenvalue weighted by Crippen LogP contribution is 2.38. The second-order valence-electron chi connectivity index (χ2n) is 6.84. The number of carbonyl (C=O) groups is 2. The molecule has 1 aliphatic carbocycles. The Balaban J connectivity index is 1.94. The van der Waals surface area contributed by atoms with E-state index in [1.165, 1.54) is 6.42 Å². The summed E-state index contributed by atoms with van der Waals surface area (Å²) in [5.74, 6) is 1.18. The molecule has 1 aromatic rings. The normalized spacial score (nSPS) is 25.0. The topological polar surface area (TPSA) is 43.4 Å². The molecule has 0 N–H and O–H groups in total. The van der Waals surface area contributed by atoms with Crippen LogP contribution in [0.4, 0.5) is 0 Å². The Morgan fingerprint density at radius 2 is 1.86 bits per heavy atom. The maximum atomic E-state index is 12.5. The van der Waals surface area contributed by atoms with Crippen molar-refractivity contribution >= 4 is 11.8 Å². The average Bonchev–Trinajstić information content (AvgIpc) is 2.52. The first-order chi connectivity index (χ1) is 10.5. The minimum absolute atomic E-state index is 0.0346. The molecular weight excluding hydrogens is 276 g/mol. The Hall–Kier alpha value is -1.64. The van der Waals surface area contributed by atoms with E-state index in [1.54, 1.807) is 24.3 Å². The first-order valence-electron chi connectivity index (χ1n) is 8.24. The monoisotopic (exact) mass is 302 g/mol. The zero-order valence-corrected chi connectivity index (χ0v) is 13.7. The van der Waals surface area contributed by atoms with Crippen LogP contribution in [0.5, 0.6) is 0 Å². The van der Waals surface area contributed by atoms with Gasteiger partial charge in [-0.3, -0.25) is 4.79 Å². The average molecular weight is 302 g/mol. The summed E-state index contributed by atoms with van der Waals surface area (Å²) < 4.78 is 5.22. The molecule has 0 saturated heterocycles. The first kappa shape index (κ1) is 16.7. The van der Waals surface area contributed by atoms with Gasteiger partial charge in [0.05, 0.1) is 5.56 Å². The van der Waals surface area contributed by atoms with Gasteiger partial charge in [-0.05, 0) is 42.7 Å². The minimum Gasteiger partial charge on any atom is -0.454 e. The summed E-state index contributed by atoms with van der Waals surface area (Å²) in [6.07, 6.45) is 3.21. The number of Topliss-reactive ketones (excluding diaryl/α,β-unsaturated/α-hetero) is 1. The SMILES string of the molecule is CC(C)[C@@H]1CC[C@@H](C)C[C@H]1C(=O)COC(=O)c1ccccc1. The van der Waals surface area contributed by atoms with Crippen molar-refractivity contribution in [3.05, 3.63) is 35.9 Å². The third-order valence-corrected chi connectivity index (χ3v) is 4.79. The zero-order chi connectivity index (χ0) is 16.1. The highest BCUT2D eigenvalue weighted by atomic mass is 16.5. The molecular formula is C19H26O3. The van der Waals surface area contributed by atoms with Gasteiger partial charge in [0.2, 0.25) is 0 Å². The van der Waals surface area contributed by atoms with E-state index < -0.39 is 5.97 Å². The zero-order valence-electron chi connectivity index (χ0n) is 13.7. The second-order valence-corrected chi connectivity index (χ2v) is 6.84. The van der Waals surface area contributed by atoms with E-state index in [1.807, 2.05) is 6.07 Å². The van der Waals surface area contributed by atoms with Gasteiger partial charge in [-0.1, -0.05) is 45.4 Å². The van der Waals surface area contributed by atoms with Crippen LogP contribution in [0.2, 0.25) is 0 Å². The molecule has 3 nitrogen and oxygen atoms in total. The summed E-state index contributed by atoms with van der Waals surface area (Å²) in [5.41, 5.74) is 0.493. The lowest BCUT2D eigenvalue weighted by Crippen LogP contribution is -2.35. The van der Waals surface area contributed by atoms with Gasteiger partial charge < -0.3 is 4.74 Å². The largest absolute Gasteiger partial charge is 0.454 e. The van der Waals surface area contributed by atoms with Crippen molar-refractivity contribution < 1.29 is 14.3 Å². The predicted molar refractivity (Wildman–Crippen MR) is 86.6 cm³/mol. The molecule has 1 aromatic carbocycles. The molecule has 1 saturated carbocycles. The summed E-state index contributed by atoms with van der Waals surface area (Å²) in [5, 5.41) is 0. The van der Waals surface area contributed by atoms with Gasteiger partial charge in [-0.25, -0.2) is 4.79 Å². The lowest BCUT2D eigenvalue weighted by molar-refractivity contribution is -0.130. The molecule has 0 aromatic heterocycles. The number of esters is 1. The van der Waals surface area contributed by atoms with Crippen LogP contribution in [-0.4, -0.2) is 18.4 Å². The van der Waals surface area contributed by atoms with Crippen molar-refractivity contribution in [2.24, 2.45) is 23.7 Å². The fourth-order valence-electron chi connectivity index (χ4n) is 3.47. The highest BCUT2D eigenvalue weighted by Gasteiger charge is 2.35. The van der Waals surface area contributed by atoms with Crippen LogP contribution in [0.15, 0.2) is 30.3 Å². The third-order valence-electron chi connectivity index (χ3n) is 4.79. The molecule has 22 heavy (non-hydrogen) atoms. The van der Waals surface area contributed by atoms with Crippen molar-refractivity contribution in [1.29, 1.82) is 0 Å². The van der Waals surface area contributed by atoms with E-state index in [-0.39, 0.29) is 18.3 Å². The Kier molecular flexibility index (Phi) is 5.76. The lowest BCUT2D eigenvalue weighted by atomic mass is 9.68. The second kappa shape index (κ2) is 7.57. The number of hydrogen-bond acceptors (Lipinski definition) is 3. The van der Waals surface area contributed by atoms with Crippen LogP contribution in [-0.2, 0) is 9.53 Å². The van der Waals surface area contributed by atoms with E-state index in [0.29, 0.717) is 23.3 Å². The van der Waals surface area contributed by atoms with Crippen molar-refractivity contribution in [2.45, 2.75) is 40.0 Å². The Labute approximate surface area is 133 Å². The van der Waals surface area contributed by atoms with Crippen LogP contribution in [0.1, 0.15) is 50.4 Å². The highest BCUT2D eigenvalue weighted by molar-refractivity contribution is 5.92. The van der Waals surface area contributed by atoms with Crippen LogP contribution in [0.25, 0.3) is 0 Å². The molecule has 0 spiro atoms. The van der Waals surface area contributed by atoms with Gasteiger partial charge in [-0.2, -0.15) is 0 Å². The van der Waals surface area contributed by atoms with Gasteiger partial charge in [0.25, 0.3) is 0 Å². The van der Waals surface area contributed by atoms with Gasteiger partial charge >= 0.3 is 5.97 Å². The summed E-state index contributed by atoms with van der Waals surface area (Å²) in [4.78, 5) is 24.5. The maximum absolute atomic E-state index is 12.5. The van der Waals surface area contributed by atoms with Crippen LogP contribution in [0, 0.1) is 23.7 Å². The van der Waals surface area contributed by atoms with Gasteiger partial charge in [0.1, 0.15) is 0 Å². The number of ether oxygens (including phenoxy) is 1. The fourth-order valence-corrected chi connectivity index (χ4v) is 3.47. The number of rotatable bonds is 5. The quantitative estimate of drug-likeness (QED) is 0.768. The third kappa shape index (κ3) is 4.19. The van der Waals surface area contributed by atoms with E-state index in [0.717, 1.165) is 12.8 Å². The number of benzene rings is 1. The molecule has 0 radical (unpaired) electrons. The van der Waals surface area contributed by atoms with Crippen molar-refractivity contribution in [1.82, 2.24) is 0 Å². The summed E-state index contributed by atoms with van der Waals surface area (Å²) in [7, 11) is 0. The van der Waals surface area contributed by atoms with E-state index in [2.05, 4.69) is 20.8 Å². The fraction of sp³-hybridized carbons (Fsp3) is 0.579. The summed E-state index contributed by atoms with van der Waals surface area (Å²) in [6.45, 7) is 6.45. The predicted octanol–water partition coefficient (Wildman–Crippen LogP) is 4.12. The van der Waals surface area contributed by atoms with Crippen LogP contribution < -0.4 is 0 Å². The summed E-state index contributed by atoms with van der Waals surface area (Å²) in [6, 6.07) is 8.82. The molecule has 3 heteroatoms. The van der Waals surface area contributed by atoms with E-state index in [4.69, 9.17) is 4.74 Å². The lowest BCUT2D eigenvalue weighted by Gasteiger charge is -2.36. The first-order valence-corrected chi connectivity index (χ1v) is 8.24. The van der Waals surface area contributed by atoms with Crippen molar-refractivity contribution in [3.8, 4) is 0 Å². The molecule has 120 valence electrons. The molecule has 2 rings (SSSR count). The molecule has 0 amide bonds. The van der Waals surface area contributed by atoms with Crippen LogP contribution in [0.3, 0.4) is 0 Å². The molecule has 0 bridgehead atoms. The molecule has 0 aliphatic heterocycles. The molecule has 0 heterocycles. The molecule has 1 fully saturated rings. The Morgan fingerprint density at radius 1 is 1.18 bits per heavy atom. The summed E-state index contributed by atoms with van der Waals surface area (Å²) >= 11 is 0. The van der Waals surface area contributed by atoms with Gasteiger partial charge in [-0.15, -0.1) is 0 Å². The Bertz CT molecular complexity index is 507. The van der Waals surface area contributed by atoms with Crippen molar-refractivity contribution in [2.75, 3.05) is 6.61 Å². The van der Waals surface area contributed by atoms with Gasteiger partial charge in [0, 0.05) is 5.92 Å². The maximum Gasteiger partial charge on any atom is 0.338 e. The molecule has 0 unspecified atom stereocenters. The number of hydrogen-bond donors (Lipinski definition) is 0. The Morgan fingerprint density at radius 3 is 2.50 bits per heavy atom. The van der Waals surface area contributed by atoms with E-state index in [9.17, 15) is 9.59 Å². The van der Waals surface area contributed by atoms with Crippen LogP contribution >= 0.6 is 0 Å². The van der Waals surface area contributed by atoms with E-state index >= 15 is 0 Å². The molecule has 3 atom stereocenters. The van der Waals surface area contributed by atoms with Crippen molar-refractivity contribution in [3.63, 3.8) is 0 Å².